The van der Waals surface area contributed by atoms with Gasteiger partial charge in [-0.2, -0.15) is 0 Å². The fourth-order valence-corrected chi connectivity index (χ4v) is 3.44. The highest BCUT2D eigenvalue weighted by Crippen LogP contribution is 2.20. The first kappa shape index (κ1) is 14.6. The lowest BCUT2D eigenvalue weighted by Gasteiger charge is -1.80. The summed E-state index contributed by atoms with van der Waals surface area (Å²) in [4.78, 5) is 11.8. The third kappa shape index (κ3) is 4.71. The molecule has 2 rings (SSSR count). The van der Waals surface area contributed by atoms with Crippen molar-refractivity contribution in [3.8, 4) is 0 Å². The van der Waals surface area contributed by atoms with Crippen LogP contribution >= 0.6 is 54.5 Å². The summed E-state index contributed by atoms with van der Waals surface area (Å²) in [6.07, 6.45) is 2.24. The number of nitrogens with zero attached hydrogens (tertiary/aromatic N) is 1. The van der Waals surface area contributed by atoms with Crippen molar-refractivity contribution in [3.05, 3.63) is 41.6 Å². The summed E-state index contributed by atoms with van der Waals surface area (Å²) in [5.74, 6) is 0. The average Bonchev–Trinajstić information content (AvgIpc) is 2.90. The quantitative estimate of drug-likeness (QED) is 0.348. The molecular formula is C10H7Br2NO2S2. The molecule has 2 aromatic heterocycles. The van der Waals surface area contributed by atoms with Gasteiger partial charge in [0.2, 0.25) is 0 Å². The Hall–Kier alpha value is -0.500. The SMILES string of the molecule is O=Cc1sccc1Br.ON=Cc1sccc1Br. The maximum Gasteiger partial charge on any atom is 0.161 e. The van der Waals surface area contributed by atoms with Crippen LogP contribution in [0.2, 0.25) is 0 Å². The Morgan fingerprint density at radius 3 is 1.94 bits per heavy atom. The number of halogens is 2. The average molecular weight is 397 g/mol. The van der Waals surface area contributed by atoms with Gasteiger partial charge in [-0.3, -0.25) is 4.79 Å². The van der Waals surface area contributed by atoms with Gasteiger partial charge in [0.05, 0.1) is 16.0 Å². The number of hydrogen-bond donors (Lipinski definition) is 1. The molecule has 0 aromatic carbocycles. The number of oxime groups is 1. The summed E-state index contributed by atoms with van der Waals surface area (Å²) >= 11 is 9.43. The molecule has 0 spiro atoms. The molecule has 0 fully saturated rings. The number of hydrogen-bond acceptors (Lipinski definition) is 5. The molecule has 0 aliphatic heterocycles. The predicted molar refractivity (Wildman–Crippen MR) is 78.8 cm³/mol. The standard InChI is InChI=1S/C5H4BrNOS.C5H3BrOS/c6-4-1-2-9-5(4)3-7-8;6-4-1-2-8-5(4)3-7/h1-3,8H;1-3H. The molecule has 0 unspecified atom stereocenters. The molecule has 7 heteroatoms. The van der Waals surface area contributed by atoms with Crippen LogP contribution in [-0.4, -0.2) is 17.7 Å². The van der Waals surface area contributed by atoms with Gasteiger partial charge in [0.15, 0.2) is 6.29 Å². The number of carbonyl (C=O) groups excluding carboxylic acids is 1. The lowest BCUT2D eigenvalue weighted by atomic mass is 10.5. The van der Waals surface area contributed by atoms with E-state index < -0.39 is 0 Å². The summed E-state index contributed by atoms with van der Waals surface area (Å²) in [5, 5.41) is 14.8. The van der Waals surface area contributed by atoms with E-state index in [1.807, 2.05) is 22.9 Å². The maximum absolute atomic E-state index is 10.1. The van der Waals surface area contributed by atoms with Gasteiger partial charge in [0.25, 0.3) is 0 Å². The first-order valence-electron chi connectivity index (χ1n) is 4.27. The van der Waals surface area contributed by atoms with E-state index in [1.165, 1.54) is 28.9 Å². The van der Waals surface area contributed by atoms with E-state index in [4.69, 9.17) is 5.21 Å². The Morgan fingerprint density at radius 2 is 1.65 bits per heavy atom. The second-order valence-corrected chi connectivity index (χ2v) is 6.23. The zero-order valence-electron chi connectivity index (χ0n) is 8.34. The van der Waals surface area contributed by atoms with Crippen molar-refractivity contribution >= 4 is 67.0 Å². The monoisotopic (exact) mass is 395 g/mol. The van der Waals surface area contributed by atoms with E-state index in [9.17, 15) is 4.79 Å². The van der Waals surface area contributed by atoms with Crippen molar-refractivity contribution in [1.82, 2.24) is 0 Å². The fraction of sp³-hybridized carbons (Fsp3) is 0. The molecule has 1 N–H and O–H groups in total. The molecule has 17 heavy (non-hydrogen) atoms. The van der Waals surface area contributed by atoms with Crippen LogP contribution in [0.5, 0.6) is 0 Å². The molecule has 0 atom stereocenters. The minimum Gasteiger partial charge on any atom is -0.411 e. The molecule has 2 aromatic rings. The van der Waals surface area contributed by atoms with E-state index in [2.05, 4.69) is 37.0 Å². The van der Waals surface area contributed by atoms with Gasteiger partial charge in [0.1, 0.15) is 0 Å². The van der Waals surface area contributed by atoms with Gasteiger partial charge in [-0.25, -0.2) is 0 Å². The zero-order valence-corrected chi connectivity index (χ0v) is 13.1. The van der Waals surface area contributed by atoms with Crippen LogP contribution in [0.25, 0.3) is 0 Å². The number of thiophene rings is 2. The van der Waals surface area contributed by atoms with Gasteiger partial charge in [-0.1, -0.05) is 5.16 Å². The van der Waals surface area contributed by atoms with E-state index in [0.29, 0.717) is 0 Å². The third-order valence-corrected chi connectivity index (χ3v) is 5.17. The van der Waals surface area contributed by atoms with Crippen molar-refractivity contribution < 1.29 is 10.0 Å². The molecule has 0 saturated heterocycles. The van der Waals surface area contributed by atoms with Crippen LogP contribution in [0, 0.1) is 0 Å². The van der Waals surface area contributed by atoms with Crippen molar-refractivity contribution in [1.29, 1.82) is 0 Å². The molecular weight excluding hydrogens is 390 g/mol. The Bertz CT molecular complexity index is 508. The van der Waals surface area contributed by atoms with Gasteiger partial charge >= 0.3 is 0 Å². The molecule has 90 valence electrons. The Kier molecular flexibility index (Phi) is 6.64. The van der Waals surface area contributed by atoms with Crippen molar-refractivity contribution in [2.45, 2.75) is 0 Å². The number of rotatable bonds is 2. The molecule has 3 nitrogen and oxygen atoms in total. The van der Waals surface area contributed by atoms with Crippen LogP contribution in [0.15, 0.2) is 37.0 Å². The summed E-state index contributed by atoms with van der Waals surface area (Å²) in [6, 6.07) is 3.76. The van der Waals surface area contributed by atoms with E-state index >= 15 is 0 Å². The lowest BCUT2D eigenvalue weighted by Crippen LogP contribution is -1.71. The first-order valence-corrected chi connectivity index (χ1v) is 7.62. The van der Waals surface area contributed by atoms with Gasteiger partial charge in [-0.05, 0) is 54.8 Å². The van der Waals surface area contributed by atoms with Crippen LogP contribution in [-0.2, 0) is 0 Å². The van der Waals surface area contributed by atoms with Gasteiger partial charge in [0, 0.05) is 8.95 Å². The fourth-order valence-electron chi connectivity index (χ4n) is 0.840. The molecule has 0 bridgehead atoms. The topological polar surface area (TPSA) is 49.7 Å². The van der Waals surface area contributed by atoms with E-state index in [0.717, 1.165) is 25.0 Å². The molecule has 0 radical (unpaired) electrons. The normalized spacial score (nSPS) is 10.0. The highest BCUT2D eigenvalue weighted by Gasteiger charge is 1.95. The minimum atomic E-state index is 0.755. The van der Waals surface area contributed by atoms with Crippen LogP contribution < -0.4 is 0 Å². The molecule has 0 aliphatic carbocycles. The Balaban J connectivity index is 0.000000171. The third-order valence-electron chi connectivity index (χ3n) is 1.57. The van der Waals surface area contributed by atoms with Gasteiger partial charge < -0.3 is 5.21 Å². The second kappa shape index (κ2) is 7.75. The Labute approximate surface area is 123 Å². The number of carbonyl (C=O) groups is 1. The summed E-state index contributed by atoms with van der Waals surface area (Å²) < 4.78 is 1.85. The second-order valence-electron chi connectivity index (χ2n) is 2.63. The summed E-state index contributed by atoms with van der Waals surface area (Å²) in [7, 11) is 0. The molecule has 2 heterocycles. The number of aldehydes is 1. The largest absolute Gasteiger partial charge is 0.411 e. The smallest absolute Gasteiger partial charge is 0.161 e. The van der Waals surface area contributed by atoms with Crippen LogP contribution in [0.3, 0.4) is 0 Å². The first-order chi connectivity index (χ1) is 8.19. The van der Waals surface area contributed by atoms with Crippen molar-refractivity contribution in [2.75, 3.05) is 0 Å². The predicted octanol–water partition coefficient (Wildman–Crippen LogP) is 4.64. The summed E-state index contributed by atoms with van der Waals surface area (Å²) in [5.41, 5.74) is 0. The molecule has 0 saturated carbocycles. The highest BCUT2D eigenvalue weighted by molar-refractivity contribution is 9.11. The molecule has 0 aliphatic rings. The lowest BCUT2D eigenvalue weighted by molar-refractivity contribution is 0.112. The van der Waals surface area contributed by atoms with E-state index in [-0.39, 0.29) is 0 Å². The molecule has 0 amide bonds. The van der Waals surface area contributed by atoms with Crippen LogP contribution in [0.1, 0.15) is 14.5 Å². The Morgan fingerprint density at radius 1 is 1.12 bits per heavy atom. The van der Waals surface area contributed by atoms with E-state index in [1.54, 1.807) is 0 Å². The minimum absolute atomic E-state index is 0.755. The zero-order chi connectivity index (χ0) is 12.7. The highest BCUT2D eigenvalue weighted by atomic mass is 79.9. The maximum atomic E-state index is 10.1. The van der Waals surface area contributed by atoms with Crippen LogP contribution in [0.4, 0.5) is 0 Å². The van der Waals surface area contributed by atoms with Gasteiger partial charge in [-0.15, -0.1) is 22.7 Å². The van der Waals surface area contributed by atoms with Crippen molar-refractivity contribution in [2.24, 2.45) is 5.16 Å². The van der Waals surface area contributed by atoms with Crippen molar-refractivity contribution in [3.63, 3.8) is 0 Å². The summed E-state index contributed by atoms with van der Waals surface area (Å²) in [6.45, 7) is 0.